The molecule has 218 valence electrons. The minimum Gasteiger partial charge on any atom is -0.478 e. The van der Waals surface area contributed by atoms with Gasteiger partial charge >= 0.3 is 5.97 Å². The Hall–Kier alpha value is -3.48. The zero-order valence-electron chi connectivity index (χ0n) is 22.5. The van der Waals surface area contributed by atoms with E-state index in [0.717, 1.165) is 0 Å². The number of benzene rings is 2. The van der Waals surface area contributed by atoms with Gasteiger partial charge in [-0.05, 0) is 67.5 Å². The van der Waals surface area contributed by atoms with Crippen LogP contribution < -0.4 is 5.32 Å². The number of nitrogens with one attached hydrogen (secondary N) is 1. The number of sulfonamides is 1. The van der Waals surface area contributed by atoms with Crippen molar-refractivity contribution in [3.63, 3.8) is 0 Å². The van der Waals surface area contributed by atoms with Crippen molar-refractivity contribution in [3.05, 3.63) is 64.6 Å². The molecule has 0 aliphatic carbocycles. The first kappa shape index (κ1) is 29.0. The summed E-state index contributed by atoms with van der Waals surface area (Å²) in [5.74, 6) is -2.99. The molecule has 2 atom stereocenters. The number of fused-ring (bicyclic) bond motifs is 1. The monoisotopic (exact) mass is 604 g/mol. The molecule has 0 spiro atoms. The van der Waals surface area contributed by atoms with Crippen LogP contribution in [-0.4, -0.2) is 77.0 Å². The average molecular weight is 605 g/mol. The summed E-state index contributed by atoms with van der Waals surface area (Å²) in [4.78, 5) is 39.9. The van der Waals surface area contributed by atoms with Crippen LogP contribution in [0.5, 0.6) is 0 Å². The molecule has 3 heterocycles. The maximum atomic E-state index is 15.7. The number of nitrogens with zero attached hydrogens (tertiary/aromatic N) is 3. The Morgan fingerprint density at radius 2 is 1.71 bits per heavy atom. The van der Waals surface area contributed by atoms with Crippen LogP contribution in [0.1, 0.15) is 40.0 Å². The summed E-state index contributed by atoms with van der Waals surface area (Å²) < 4.78 is 42.7. The van der Waals surface area contributed by atoms with Crippen LogP contribution in [0.25, 0.3) is 10.9 Å². The molecule has 2 aromatic carbocycles. The summed E-state index contributed by atoms with van der Waals surface area (Å²) in [5.41, 5.74) is 0.759. The summed E-state index contributed by atoms with van der Waals surface area (Å²) in [6.45, 7) is 0.926. The molecule has 41 heavy (non-hydrogen) atoms. The Labute approximate surface area is 241 Å². The summed E-state index contributed by atoms with van der Waals surface area (Å²) in [5, 5.41) is 12.2. The fourth-order valence-electron chi connectivity index (χ4n) is 5.99. The van der Waals surface area contributed by atoms with Crippen LogP contribution in [0.2, 0.25) is 5.02 Å². The number of carbonyl (C=O) groups is 3. The predicted octanol–water partition coefficient (Wildman–Crippen LogP) is 3.81. The fraction of sp³-hybridized carbons (Fsp3) is 0.393. The molecule has 2 saturated heterocycles. The van der Waals surface area contributed by atoms with E-state index < -0.39 is 39.7 Å². The molecule has 0 unspecified atom stereocenters. The van der Waals surface area contributed by atoms with Gasteiger partial charge in [0.1, 0.15) is 11.9 Å². The van der Waals surface area contributed by atoms with Gasteiger partial charge in [-0.15, -0.1) is 0 Å². The number of piperidine rings is 1. The van der Waals surface area contributed by atoms with Crippen LogP contribution in [0.3, 0.4) is 0 Å². The van der Waals surface area contributed by atoms with Gasteiger partial charge in [-0.25, -0.2) is 21.9 Å². The van der Waals surface area contributed by atoms with E-state index in [9.17, 15) is 22.8 Å². The predicted molar refractivity (Wildman–Crippen MR) is 152 cm³/mol. The third-order valence-corrected chi connectivity index (χ3v) is 9.80. The van der Waals surface area contributed by atoms with Gasteiger partial charge in [-0.2, -0.15) is 0 Å². The zero-order valence-corrected chi connectivity index (χ0v) is 24.1. The summed E-state index contributed by atoms with van der Waals surface area (Å²) in [6.07, 6.45) is 4.24. The molecule has 1 aromatic heterocycles. The quantitative estimate of drug-likeness (QED) is 0.440. The molecule has 3 aromatic rings. The van der Waals surface area contributed by atoms with Crippen LogP contribution in [0, 0.1) is 17.7 Å². The molecule has 5 rings (SSSR count). The molecule has 2 aliphatic heterocycles. The Balaban J connectivity index is 1.42. The second-order valence-corrected chi connectivity index (χ2v) is 13.1. The van der Waals surface area contributed by atoms with E-state index in [0.29, 0.717) is 43.6 Å². The number of aromatic nitrogens is 1. The van der Waals surface area contributed by atoms with E-state index in [1.165, 1.54) is 45.8 Å². The van der Waals surface area contributed by atoms with Crippen LogP contribution in [0.15, 0.2) is 42.6 Å². The fourth-order valence-corrected chi connectivity index (χ4v) is 7.19. The second-order valence-electron chi connectivity index (χ2n) is 10.7. The number of hydrogen-bond acceptors (Lipinski definition) is 5. The number of amides is 2. The lowest BCUT2D eigenvalue weighted by Crippen LogP contribution is -2.43. The summed E-state index contributed by atoms with van der Waals surface area (Å²) in [7, 11) is -1.59. The number of aryl methyl sites for hydroxylation is 1. The van der Waals surface area contributed by atoms with Crippen molar-refractivity contribution < 1.29 is 32.3 Å². The number of halogens is 2. The maximum Gasteiger partial charge on any atom is 0.335 e. The van der Waals surface area contributed by atoms with Crippen molar-refractivity contribution in [2.45, 2.75) is 25.3 Å². The van der Waals surface area contributed by atoms with Crippen LogP contribution in [0.4, 0.5) is 10.1 Å². The highest BCUT2D eigenvalue weighted by Gasteiger charge is 2.44. The Morgan fingerprint density at radius 1 is 1.05 bits per heavy atom. The summed E-state index contributed by atoms with van der Waals surface area (Å²) in [6, 6.07) is 7.75. The van der Waals surface area contributed by atoms with Crippen LogP contribution in [-0.2, 0) is 21.9 Å². The number of hydrogen-bond donors (Lipinski definition) is 2. The number of likely N-dealkylation sites (tertiary alicyclic amines) is 1. The van der Waals surface area contributed by atoms with Crippen molar-refractivity contribution in [1.82, 2.24) is 13.8 Å². The first-order valence-electron chi connectivity index (χ1n) is 13.2. The number of carboxylic acids is 1. The standard InChI is InChI=1S/C28H30ClFN4O6S/c1-32-15-21(29)24-22(32)8-7-20(25(24)30)27(36)34-14-18(16-9-11-33(12-10-16)41(2,39)40)13-23(34)26(35)31-19-5-3-17(4-6-19)28(37)38/h3-8,15-16,18,23H,9-14H2,1-2H3,(H,31,35)(H,37,38)/t18-,23+/m1/s1. The molecule has 0 saturated carbocycles. The first-order valence-corrected chi connectivity index (χ1v) is 15.4. The van der Waals surface area contributed by atoms with E-state index in [-0.39, 0.29) is 39.9 Å². The molecule has 10 nitrogen and oxygen atoms in total. The van der Waals surface area contributed by atoms with Gasteiger partial charge in [0.25, 0.3) is 5.91 Å². The van der Waals surface area contributed by atoms with Crippen molar-refractivity contribution in [2.75, 3.05) is 31.2 Å². The highest BCUT2D eigenvalue weighted by atomic mass is 35.5. The first-order chi connectivity index (χ1) is 19.3. The van der Waals surface area contributed by atoms with Gasteiger partial charge in [-0.1, -0.05) is 11.6 Å². The van der Waals surface area contributed by atoms with Gasteiger partial charge in [0.05, 0.1) is 33.3 Å². The minimum atomic E-state index is -3.31. The minimum absolute atomic E-state index is 0.0617. The molecule has 2 amide bonds. The lowest BCUT2D eigenvalue weighted by atomic mass is 9.83. The maximum absolute atomic E-state index is 15.7. The van der Waals surface area contributed by atoms with Gasteiger partial charge in [-0.3, -0.25) is 9.59 Å². The number of aromatic carboxylic acids is 1. The number of anilines is 1. The number of carbonyl (C=O) groups excluding carboxylic acids is 2. The van der Waals surface area contributed by atoms with E-state index in [1.807, 2.05) is 0 Å². The SMILES string of the molecule is Cn1cc(Cl)c2c(F)c(C(=O)N3C[C@H](C4CCN(S(C)(=O)=O)CC4)C[C@H]3C(=O)Nc3ccc(C(=O)O)cc3)ccc21. The molecule has 2 aliphatic rings. The Kier molecular flexibility index (Phi) is 7.84. The number of rotatable bonds is 6. The van der Waals surface area contributed by atoms with E-state index in [1.54, 1.807) is 23.9 Å². The average Bonchev–Trinajstić information content (AvgIpc) is 3.50. The van der Waals surface area contributed by atoms with Gasteiger partial charge in [0.2, 0.25) is 15.9 Å². The third-order valence-electron chi connectivity index (χ3n) is 8.21. The van der Waals surface area contributed by atoms with Gasteiger partial charge < -0.3 is 19.9 Å². The number of carboxylic acid groups (broad SMARTS) is 1. The van der Waals surface area contributed by atoms with Crippen molar-refractivity contribution in [3.8, 4) is 0 Å². The van der Waals surface area contributed by atoms with Gasteiger partial charge in [0, 0.05) is 38.6 Å². The second kappa shape index (κ2) is 11.1. The largest absolute Gasteiger partial charge is 0.478 e. The van der Waals surface area contributed by atoms with Crippen molar-refractivity contribution in [2.24, 2.45) is 18.9 Å². The normalized spacial score (nSPS) is 20.4. The lowest BCUT2D eigenvalue weighted by Gasteiger charge is -2.33. The molecule has 2 fully saturated rings. The topological polar surface area (TPSA) is 129 Å². The lowest BCUT2D eigenvalue weighted by molar-refractivity contribution is -0.119. The molecular formula is C28H30ClFN4O6S. The Bertz CT molecular complexity index is 1630. The van der Waals surface area contributed by atoms with E-state index >= 15 is 4.39 Å². The van der Waals surface area contributed by atoms with E-state index in [2.05, 4.69) is 5.32 Å². The van der Waals surface area contributed by atoms with Crippen LogP contribution >= 0.6 is 11.6 Å². The molecule has 2 N–H and O–H groups in total. The molecule has 0 radical (unpaired) electrons. The highest BCUT2D eigenvalue weighted by Crippen LogP contribution is 2.38. The summed E-state index contributed by atoms with van der Waals surface area (Å²) >= 11 is 6.25. The van der Waals surface area contributed by atoms with Crippen molar-refractivity contribution >= 4 is 56.0 Å². The smallest absolute Gasteiger partial charge is 0.335 e. The Morgan fingerprint density at radius 3 is 2.32 bits per heavy atom. The molecular weight excluding hydrogens is 575 g/mol. The molecule has 13 heteroatoms. The third kappa shape index (κ3) is 5.68. The zero-order chi connectivity index (χ0) is 29.6. The van der Waals surface area contributed by atoms with Gasteiger partial charge in [0.15, 0.2) is 0 Å². The van der Waals surface area contributed by atoms with Crippen molar-refractivity contribution in [1.29, 1.82) is 0 Å². The van der Waals surface area contributed by atoms with E-state index in [4.69, 9.17) is 16.7 Å². The molecule has 0 bridgehead atoms. The highest BCUT2D eigenvalue weighted by molar-refractivity contribution is 7.88.